The summed E-state index contributed by atoms with van der Waals surface area (Å²) in [4.78, 5) is 18.0. The second-order valence-corrected chi connectivity index (χ2v) is 14.4. The maximum Gasteiger partial charge on any atom is 0.229 e. The summed E-state index contributed by atoms with van der Waals surface area (Å²) in [6.07, 6.45) is 10.6. The number of pyridine rings is 1. The van der Waals surface area contributed by atoms with Gasteiger partial charge in [-0.05, 0) is 90.4 Å². The second-order valence-electron chi connectivity index (χ2n) is 13.2. The molecule has 0 bridgehead atoms. The molecule has 47 heavy (non-hydrogen) atoms. The molecule has 13 heteroatoms. The molecule has 0 amide bonds. The monoisotopic (exact) mass is 650 g/mol. The van der Waals surface area contributed by atoms with Crippen molar-refractivity contribution in [3.8, 4) is 23.5 Å². The number of nitrogens with zero attached hydrogens (tertiary/aromatic N) is 8. The van der Waals surface area contributed by atoms with Crippen LogP contribution in [0.4, 0.5) is 10.8 Å². The largest absolute Gasteiger partial charge is 0.469 e. The van der Waals surface area contributed by atoms with E-state index in [0.717, 1.165) is 80.4 Å². The van der Waals surface area contributed by atoms with Crippen LogP contribution in [0.1, 0.15) is 97.4 Å². The highest BCUT2D eigenvalue weighted by Crippen LogP contribution is 2.55. The highest BCUT2D eigenvalue weighted by molar-refractivity contribution is 7.16. The van der Waals surface area contributed by atoms with E-state index in [1.807, 2.05) is 23.7 Å². The van der Waals surface area contributed by atoms with Crippen LogP contribution in [-0.2, 0) is 18.3 Å². The molecule has 3 aliphatic rings. The fraction of sp³-hybridized carbons (Fsp3) is 0.471. The highest BCUT2D eigenvalue weighted by Gasteiger charge is 2.49. The Morgan fingerprint density at radius 2 is 2.00 bits per heavy atom. The fourth-order valence-electron chi connectivity index (χ4n) is 8.32. The number of fused-ring (bicyclic) bond motifs is 5. The Morgan fingerprint density at radius 1 is 1.17 bits per heavy atom. The molecule has 5 aromatic heterocycles. The summed E-state index contributed by atoms with van der Waals surface area (Å²) in [7, 11) is 2.17. The van der Waals surface area contributed by atoms with Crippen LogP contribution in [-0.4, -0.2) is 54.4 Å². The van der Waals surface area contributed by atoms with Gasteiger partial charge in [-0.1, -0.05) is 11.2 Å². The molecular weight excluding hydrogens is 613 g/mol. The van der Waals surface area contributed by atoms with Gasteiger partial charge in [-0.3, -0.25) is 0 Å². The van der Waals surface area contributed by atoms with Gasteiger partial charge >= 0.3 is 0 Å². The van der Waals surface area contributed by atoms with Gasteiger partial charge in [0.25, 0.3) is 0 Å². The predicted octanol–water partition coefficient (Wildman–Crippen LogP) is 5.73. The van der Waals surface area contributed by atoms with Crippen molar-refractivity contribution in [2.24, 2.45) is 0 Å². The van der Waals surface area contributed by atoms with Crippen LogP contribution < -0.4 is 16.2 Å². The zero-order valence-electron chi connectivity index (χ0n) is 26.9. The van der Waals surface area contributed by atoms with Crippen LogP contribution in [0.3, 0.4) is 0 Å². The topological polar surface area (TPSA) is 171 Å². The van der Waals surface area contributed by atoms with E-state index in [4.69, 9.17) is 35.8 Å². The van der Waals surface area contributed by atoms with Crippen molar-refractivity contribution in [3.05, 3.63) is 57.4 Å². The number of rotatable bonds is 6. The zero-order chi connectivity index (χ0) is 32.4. The Kier molecular flexibility index (Phi) is 7.18. The van der Waals surface area contributed by atoms with Crippen molar-refractivity contribution in [2.75, 3.05) is 25.1 Å². The number of nitrogens with two attached hydrogens (primary N) is 2. The molecule has 4 unspecified atom stereocenters. The SMILES string of the molecule is CC(Oc1nc(-c2noc3c2CCCC32CCCc3sc(N)c(C#N)c32)nc2c1cnn2C(C)C1CCCN1C)c1cccnc1N. The molecule has 1 spiro atoms. The van der Waals surface area contributed by atoms with E-state index in [1.54, 1.807) is 12.4 Å². The molecule has 0 aromatic carbocycles. The van der Waals surface area contributed by atoms with Crippen LogP contribution in [0.15, 0.2) is 29.0 Å². The summed E-state index contributed by atoms with van der Waals surface area (Å²) >= 11 is 1.54. The van der Waals surface area contributed by atoms with Crippen molar-refractivity contribution in [2.45, 2.75) is 88.8 Å². The van der Waals surface area contributed by atoms with Gasteiger partial charge in [-0.25, -0.2) is 14.6 Å². The Morgan fingerprint density at radius 3 is 2.77 bits per heavy atom. The first-order valence-corrected chi connectivity index (χ1v) is 17.3. The van der Waals surface area contributed by atoms with Gasteiger partial charge in [0.05, 0.1) is 23.2 Å². The minimum Gasteiger partial charge on any atom is -0.469 e. The van der Waals surface area contributed by atoms with E-state index in [9.17, 15) is 5.26 Å². The number of ether oxygens (including phenoxy) is 1. The molecule has 12 nitrogen and oxygen atoms in total. The van der Waals surface area contributed by atoms with Crippen molar-refractivity contribution in [1.82, 2.24) is 34.8 Å². The fourth-order valence-corrected chi connectivity index (χ4v) is 9.48. The number of thiophene rings is 1. The van der Waals surface area contributed by atoms with Crippen molar-refractivity contribution < 1.29 is 9.26 Å². The van der Waals surface area contributed by atoms with Crippen LogP contribution in [0.2, 0.25) is 0 Å². The van der Waals surface area contributed by atoms with E-state index in [2.05, 4.69) is 35.1 Å². The molecule has 4 N–H and O–H groups in total. The number of hydrogen-bond donors (Lipinski definition) is 2. The Bertz CT molecular complexity index is 2040. The molecular formula is C34H38N10O2S. The lowest BCUT2D eigenvalue weighted by molar-refractivity contribution is 0.221. The molecule has 1 saturated heterocycles. The van der Waals surface area contributed by atoms with E-state index in [0.29, 0.717) is 50.9 Å². The van der Waals surface area contributed by atoms with Crippen LogP contribution in [0, 0.1) is 11.3 Å². The minimum atomic E-state index is -0.440. The molecule has 0 radical (unpaired) electrons. The number of nitriles is 1. The average molecular weight is 651 g/mol. The third kappa shape index (κ3) is 4.60. The molecule has 1 aliphatic heterocycles. The predicted molar refractivity (Wildman–Crippen MR) is 179 cm³/mol. The number of nitrogen functional groups attached to an aromatic ring is 2. The van der Waals surface area contributed by atoms with Gasteiger partial charge in [-0.2, -0.15) is 15.3 Å². The van der Waals surface area contributed by atoms with Crippen molar-refractivity contribution >= 4 is 33.2 Å². The first-order valence-electron chi connectivity index (χ1n) is 16.4. The van der Waals surface area contributed by atoms with E-state index in [1.165, 1.54) is 16.2 Å². The summed E-state index contributed by atoms with van der Waals surface area (Å²) in [5, 5.41) is 20.9. The van der Waals surface area contributed by atoms with Gasteiger partial charge in [-0.15, -0.1) is 11.3 Å². The summed E-state index contributed by atoms with van der Waals surface area (Å²) in [6, 6.07) is 6.57. The normalized spacial score (nSPS) is 22.2. The number of anilines is 2. The quantitative estimate of drug-likeness (QED) is 0.230. The highest BCUT2D eigenvalue weighted by atomic mass is 32.1. The minimum absolute atomic E-state index is 0.0746. The van der Waals surface area contributed by atoms with Gasteiger partial charge < -0.3 is 25.6 Å². The standard InChI is InChI=1S/C34H38N10O2S/c1-18(24-10-7-15-43(24)3)44-32-23(17-39-44)33(45-19(2)20-9-6-14-38-29(20)36)41-31(40-32)27-21-8-4-12-34(28(21)46-42-27)13-5-11-25-26(34)22(16-35)30(37)47-25/h6,9,14,17-19,24H,4-5,7-8,10-13,15,37H2,1-3H3,(H2,36,38). The number of aromatic nitrogens is 6. The summed E-state index contributed by atoms with van der Waals surface area (Å²) in [6.45, 7) is 5.19. The van der Waals surface area contributed by atoms with Crippen LogP contribution in [0.25, 0.3) is 22.6 Å². The maximum atomic E-state index is 10.1. The van der Waals surface area contributed by atoms with Gasteiger partial charge in [0, 0.05) is 28.2 Å². The molecule has 4 atom stereocenters. The lowest BCUT2D eigenvalue weighted by atomic mass is 9.63. The number of hydrogen-bond acceptors (Lipinski definition) is 12. The molecule has 1 fully saturated rings. The van der Waals surface area contributed by atoms with Crippen LogP contribution >= 0.6 is 11.3 Å². The van der Waals surface area contributed by atoms with Crippen LogP contribution in [0.5, 0.6) is 5.88 Å². The third-order valence-corrected chi connectivity index (χ3v) is 11.7. The number of likely N-dealkylation sites (tertiary alicyclic amines) is 1. The van der Waals surface area contributed by atoms with Gasteiger partial charge in [0.1, 0.15) is 28.4 Å². The first-order chi connectivity index (χ1) is 22.8. The van der Waals surface area contributed by atoms with Gasteiger partial charge in [0.2, 0.25) is 5.88 Å². The third-order valence-electron chi connectivity index (χ3n) is 10.6. The molecule has 5 aromatic rings. The first kappa shape index (κ1) is 29.8. The zero-order valence-corrected chi connectivity index (χ0v) is 27.7. The molecule has 2 aliphatic carbocycles. The maximum absolute atomic E-state index is 10.1. The van der Waals surface area contributed by atoms with E-state index in [-0.39, 0.29) is 6.04 Å². The summed E-state index contributed by atoms with van der Waals surface area (Å²) in [5.41, 5.74) is 16.8. The lowest BCUT2D eigenvalue weighted by Crippen LogP contribution is -2.35. The van der Waals surface area contributed by atoms with Gasteiger partial charge in [0.15, 0.2) is 22.9 Å². The molecule has 8 rings (SSSR count). The lowest BCUT2D eigenvalue weighted by Gasteiger charge is -2.39. The Hall–Kier alpha value is -4.54. The molecule has 0 saturated carbocycles. The average Bonchev–Trinajstić information content (AvgIpc) is 3.86. The van der Waals surface area contributed by atoms with E-state index >= 15 is 0 Å². The van der Waals surface area contributed by atoms with Crippen molar-refractivity contribution in [1.29, 1.82) is 5.26 Å². The Balaban J connectivity index is 1.28. The van der Waals surface area contributed by atoms with Crippen molar-refractivity contribution in [3.63, 3.8) is 0 Å². The van der Waals surface area contributed by atoms with E-state index < -0.39 is 11.5 Å². The summed E-state index contributed by atoms with van der Waals surface area (Å²) < 4.78 is 14.9. The smallest absolute Gasteiger partial charge is 0.229 e. The molecule has 242 valence electrons. The Labute approximate surface area is 276 Å². The number of likely N-dealkylation sites (N-methyl/N-ethyl adjacent to an activating group) is 1. The summed E-state index contributed by atoms with van der Waals surface area (Å²) in [5.74, 6) is 2.05. The number of aryl methyl sites for hydroxylation is 1. The molecule has 6 heterocycles. The second kappa shape index (κ2) is 11.3.